The van der Waals surface area contributed by atoms with Gasteiger partial charge in [0.05, 0.1) is 5.56 Å². The number of hydrogen-bond acceptors (Lipinski definition) is 13. The van der Waals surface area contributed by atoms with Crippen LogP contribution in [0.25, 0.3) is 28.2 Å². The van der Waals surface area contributed by atoms with E-state index < -0.39 is 54.5 Å². The predicted molar refractivity (Wildman–Crippen MR) is 148 cm³/mol. The molecule has 0 radical (unpaired) electrons. The Morgan fingerprint density at radius 3 is 2.33 bits per heavy atom. The lowest BCUT2D eigenvalue weighted by molar-refractivity contribution is -0.278. The average Bonchev–Trinajstić information content (AvgIpc) is 2.98. The molecule has 7 N–H and O–H groups in total. The first-order valence-corrected chi connectivity index (χ1v) is 12.8. The molecular weight excluding hydrogens is 568 g/mol. The highest BCUT2D eigenvalue weighted by atomic mass is 16.7. The average molecular weight is 595 g/mol. The van der Waals surface area contributed by atoms with Crippen LogP contribution < -0.4 is 10.2 Å². The van der Waals surface area contributed by atoms with E-state index in [-0.39, 0.29) is 39.5 Å². The summed E-state index contributed by atoms with van der Waals surface area (Å²) in [6.45, 7) is -0.549. The van der Waals surface area contributed by atoms with Crippen LogP contribution in [0.5, 0.6) is 28.7 Å². The van der Waals surface area contributed by atoms with Gasteiger partial charge in [0.25, 0.3) is 0 Å². The maximum Gasteiger partial charge on any atom is 0.330 e. The molecule has 1 aliphatic rings. The fourth-order valence-electron chi connectivity index (χ4n) is 4.42. The van der Waals surface area contributed by atoms with E-state index in [2.05, 4.69) is 0 Å². The van der Waals surface area contributed by atoms with Gasteiger partial charge in [-0.25, -0.2) is 4.79 Å². The number of rotatable bonds is 7. The van der Waals surface area contributed by atoms with Gasteiger partial charge in [-0.15, -0.1) is 0 Å². The highest BCUT2D eigenvalue weighted by Gasteiger charge is 2.45. The second-order valence-electron chi connectivity index (χ2n) is 9.68. The zero-order valence-corrected chi connectivity index (χ0v) is 22.1. The Kier molecular flexibility index (Phi) is 8.23. The van der Waals surface area contributed by atoms with Gasteiger partial charge in [0.2, 0.25) is 11.7 Å². The van der Waals surface area contributed by atoms with Crippen molar-refractivity contribution in [3.05, 3.63) is 82.7 Å². The quantitative estimate of drug-likeness (QED) is 0.0923. The number of aliphatic hydroxyl groups excluding tert-OH is 3. The number of esters is 1. The maximum absolute atomic E-state index is 13.1. The van der Waals surface area contributed by atoms with Crippen molar-refractivity contribution in [3.63, 3.8) is 0 Å². The van der Waals surface area contributed by atoms with Crippen molar-refractivity contribution < 1.29 is 59.2 Å². The Hall–Kier alpha value is -5.08. The third-order valence-corrected chi connectivity index (χ3v) is 6.73. The number of benzene rings is 3. The van der Waals surface area contributed by atoms with Crippen molar-refractivity contribution in [1.82, 2.24) is 0 Å². The largest absolute Gasteiger partial charge is 0.508 e. The Labute approximate surface area is 242 Å². The summed E-state index contributed by atoms with van der Waals surface area (Å²) in [5, 5.41) is 70.1. The molecule has 224 valence electrons. The molecule has 0 unspecified atom stereocenters. The summed E-state index contributed by atoms with van der Waals surface area (Å²) in [4.78, 5) is 25.3. The Balaban J connectivity index is 1.29. The minimum absolute atomic E-state index is 0.00747. The minimum atomic E-state index is -1.77. The number of carbonyl (C=O) groups is 1. The summed E-state index contributed by atoms with van der Waals surface area (Å²) in [5.41, 5.74) is 0.350. The lowest BCUT2D eigenvalue weighted by atomic mass is 9.99. The number of phenolic OH excluding ortho intramolecular Hbond substituents is 4. The van der Waals surface area contributed by atoms with Crippen LogP contribution >= 0.6 is 0 Å². The fraction of sp³-hybridized carbons (Fsp3) is 0.200. The molecular formula is C30H26O13. The molecule has 2 heterocycles. The summed E-state index contributed by atoms with van der Waals surface area (Å²) in [6.07, 6.45) is -4.61. The van der Waals surface area contributed by atoms with Gasteiger partial charge in [0.15, 0.2) is 11.5 Å². The molecule has 1 aliphatic heterocycles. The molecule has 4 aromatic rings. The molecule has 3 aromatic carbocycles. The predicted octanol–water partition coefficient (Wildman–Crippen LogP) is 1.73. The van der Waals surface area contributed by atoms with E-state index >= 15 is 0 Å². The lowest BCUT2D eigenvalue weighted by Crippen LogP contribution is -2.60. The van der Waals surface area contributed by atoms with E-state index in [1.54, 1.807) is 0 Å². The number of phenols is 4. The summed E-state index contributed by atoms with van der Waals surface area (Å²) in [6, 6.07) is 12.0. The molecule has 0 amide bonds. The third-order valence-electron chi connectivity index (χ3n) is 6.73. The monoisotopic (exact) mass is 594 g/mol. The SMILES string of the molecule is O=C(C=Cc1ccc(O)c(O)c1)OC[C@H]1O[C@@H](Oc2cc(O)c3c(=O)c(-c4ccc(O)cc4)coc3c2)[C@H](O)[C@@H](O)[C@@H]1O. The van der Waals surface area contributed by atoms with Crippen LogP contribution in [-0.2, 0) is 14.3 Å². The molecule has 13 nitrogen and oxygen atoms in total. The van der Waals surface area contributed by atoms with Gasteiger partial charge in [-0.2, -0.15) is 0 Å². The van der Waals surface area contributed by atoms with Crippen molar-refractivity contribution in [2.24, 2.45) is 0 Å². The van der Waals surface area contributed by atoms with Crippen LogP contribution in [0.3, 0.4) is 0 Å². The Bertz CT molecular complexity index is 1730. The topological polar surface area (TPSA) is 217 Å². The van der Waals surface area contributed by atoms with E-state index in [0.29, 0.717) is 11.1 Å². The summed E-state index contributed by atoms with van der Waals surface area (Å²) >= 11 is 0. The molecule has 0 bridgehead atoms. The first kappa shape index (κ1) is 29.4. The first-order chi connectivity index (χ1) is 20.5. The molecule has 1 saturated heterocycles. The Morgan fingerprint density at radius 1 is 0.860 bits per heavy atom. The van der Waals surface area contributed by atoms with Crippen molar-refractivity contribution in [3.8, 4) is 39.9 Å². The second-order valence-corrected chi connectivity index (χ2v) is 9.68. The highest BCUT2D eigenvalue weighted by Crippen LogP contribution is 2.33. The van der Waals surface area contributed by atoms with E-state index in [0.717, 1.165) is 12.1 Å². The number of aliphatic hydroxyl groups is 3. The van der Waals surface area contributed by atoms with Crippen LogP contribution in [-0.4, -0.2) is 79.0 Å². The van der Waals surface area contributed by atoms with E-state index in [1.807, 2.05) is 0 Å². The van der Waals surface area contributed by atoms with Crippen molar-refractivity contribution in [2.75, 3.05) is 6.61 Å². The normalized spacial score (nSPS) is 22.1. The smallest absolute Gasteiger partial charge is 0.330 e. The van der Waals surface area contributed by atoms with Crippen LogP contribution in [0.2, 0.25) is 0 Å². The fourth-order valence-corrected chi connectivity index (χ4v) is 4.42. The number of hydrogen-bond donors (Lipinski definition) is 7. The zero-order valence-electron chi connectivity index (χ0n) is 22.1. The molecule has 13 heteroatoms. The lowest BCUT2D eigenvalue weighted by Gasteiger charge is -2.39. The second kappa shape index (κ2) is 12.0. The van der Waals surface area contributed by atoms with Crippen LogP contribution in [0, 0.1) is 0 Å². The van der Waals surface area contributed by atoms with Gasteiger partial charge in [-0.3, -0.25) is 4.79 Å². The summed E-state index contributed by atoms with van der Waals surface area (Å²) in [7, 11) is 0. The van der Waals surface area contributed by atoms with Gasteiger partial charge in [0.1, 0.15) is 65.5 Å². The van der Waals surface area contributed by atoms with E-state index in [9.17, 15) is 45.3 Å². The van der Waals surface area contributed by atoms with Gasteiger partial charge in [-0.05, 0) is 41.5 Å². The number of aromatic hydroxyl groups is 4. The van der Waals surface area contributed by atoms with Crippen molar-refractivity contribution >= 4 is 23.0 Å². The highest BCUT2D eigenvalue weighted by molar-refractivity contribution is 5.88. The van der Waals surface area contributed by atoms with Gasteiger partial charge in [-0.1, -0.05) is 18.2 Å². The molecule has 1 fully saturated rings. The number of carbonyl (C=O) groups excluding carboxylic acids is 1. The molecule has 5 atom stereocenters. The number of ether oxygens (including phenoxy) is 3. The van der Waals surface area contributed by atoms with Crippen LogP contribution in [0.15, 0.2) is 76.1 Å². The van der Waals surface area contributed by atoms with Crippen LogP contribution in [0.4, 0.5) is 0 Å². The molecule has 0 spiro atoms. The standard InChI is InChI=1S/C30H26O13/c31-16-5-3-15(4-6-16)18-12-40-22-11-17(10-21(34)25(22)26(18)36)42-30-29(39)28(38)27(37)23(43-30)13-41-24(35)8-2-14-1-7-19(32)20(33)9-14/h1-12,23,27-34,37-39H,13H2/t23-,27-,28+,29-,30-/m1/s1. The van der Waals surface area contributed by atoms with Gasteiger partial charge >= 0.3 is 5.97 Å². The summed E-state index contributed by atoms with van der Waals surface area (Å²) < 4.78 is 21.8. The third kappa shape index (κ3) is 6.24. The van der Waals surface area contributed by atoms with Crippen molar-refractivity contribution in [1.29, 1.82) is 0 Å². The van der Waals surface area contributed by atoms with Crippen molar-refractivity contribution in [2.45, 2.75) is 30.7 Å². The van der Waals surface area contributed by atoms with E-state index in [4.69, 9.17) is 18.6 Å². The molecule has 5 rings (SSSR count). The Morgan fingerprint density at radius 2 is 1.60 bits per heavy atom. The molecule has 43 heavy (non-hydrogen) atoms. The molecule has 0 saturated carbocycles. The first-order valence-electron chi connectivity index (χ1n) is 12.8. The molecule has 0 aliphatic carbocycles. The molecule has 1 aromatic heterocycles. The van der Waals surface area contributed by atoms with E-state index in [1.165, 1.54) is 60.9 Å². The zero-order chi connectivity index (χ0) is 30.8. The summed E-state index contributed by atoms with van der Waals surface area (Å²) in [5.74, 6) is -2.19. The minimum Gasteiger partial charge on any atom is -0.508 e. The number of fused-ring (bicyclic) bond motifs is 1. The van der Waals surface area contributed by atoms with Gasteiger partial charge in [0, 0.05) is 18.2 Å². The van der Waals surface area contributed by atoms with Crippen LogP contribution in [0.1, 0.15) is 5.56 Å². The van der Waals surface area contributed by atoms with Gasteiger partial charge < -0.3 is 54.4 Å². The maximum atomic E-state index is 13.1.